The molecule has 7 nitrogen and oxygen atoms in total. The summed E-state index contributed by atoms with van der Waals surface area (Å²) in [4.78, 5) is 2.45. The van der Waals surface area contributed by atoms with Crippen LogP contribution in [0.1, 0.15) is 44.6 Å². The van der Waals surface area contributed by atoms with Gasteiger partial charge in [0.2, 0.25) is 10.0 Å². The van der Waals surface area contributed by atoms with Gasteiger partial charge in [-0.15, -0.1) is 0 Å². The van der Waals surface area contributed by atoms with E-state index in [1.165, 1.54) is 0 Å². The molecule has 0 radical (unpaired) electrons. The van der Waals surface area contributed by atoms with Gasteiger partial charge in [0.1, 0.15) is 0 Å². The standard InChI is InChI=1S/C22H36N2O5S/c1-3-18(2)19-6-8-22(9-7-19)30(26,27)24-12-10-23(11-13-24)15-20(25)16-28-17-21-5-4-14-29-21/h6-9,18,20-21,25H,3-5,10-17H2,1-2H3/t18-,20-,21-/m0/s1. The summed E-state index contributed by atoms with van der Waals surface area (Å²) < 4.78 is 38.6. The third kappa shape index (κ3) is 6.24. The second kappa shape index (κ2) is 11.0. The van der Waals surface area contributed by atoms with E-state index in [0.29, 0.717) is 50.1 Å². The lowest BCUT2D eigenvalue weighted by molar-refractivity contribution is -0.0270. The van der Waals surface area contributed by atoms with Gasteiger partial charge in [0.25, 0.3) is 0 Å². The Morgan fingerprint density at radius 2 is 1.90 bits per heavy atom. The first-order valence-electron chi connectivity index (χ1n) is 11.1. The minimum atomic E-state index is -3.48. The van der Waals surface area contributed by atoms with Gasteiger partial charge in [-0.05, 0) is 42.9 Å². The van der Waals surface area contributed by atoms with E-state index < -0.39 is 16.1 Å². The third-order valence-corrected chi connectivity index (χ3v) is 8.05. The Morgan fingerprint density at radius 1 is 1.20 bits per heavy atom. The minimum Gasteiger partial charge on any atom is -0.389 e. The molecule has 0 saturated carbocycles. The van der Waals surface area contributed by atoms with Crippen LogP contribution >= 0.6 is 0 Å². The molecule has 1 aromatic carbocycles. The van der Waals surface area contributed by atoms with Crippen LogP contribution in [-0.4, -0.2) is 87.5 Å². The molecule has 2 heterocycles. The average molecular weight is 441 g/mol. The zero-order chi connectivity index (χ0) is 21.6. The van der Waals surface area contributed by atoms with E-state index in [1.807, 2.05) is 12.1 Å². The van der Waals surface area contributed by atoms with Crippen molar-refractivity contribution in [3.63, 3.8) is 0 Å². The third-order valence-electron chi connectivity index (χ3n) is 6.14. The van der Waals surface area contributed by atoms with Gasteiger partial charge in [-0.1, -0.05) is 26.0 Å². The molecule has 8 heteroatoms. The fourth-order valence-electron chi connectivity index (χ4n) is 3.97. The summed E-state index contributed by atoms with van der Waals surface area (Å²) in [7, 11) is -3.48. The van der Waals surface area contributed by atoms with E-state index in [1.54, 1.807) is 16.4 Å². The SMILES string of the molecule is CC[C@H](C)c1ccc(S(=O)(=O)N2CCN(C[C@H](O)COC[C@@H]3CCCO3)CC2)cc1. The molecular weight excluding hydrogens is 404 g/mol. The Morgan fingerprint density at radius 3 is 2.50 bits per heavy atom. The highest BCUT2D eigenvalue weighted by molar-refractivity contribution is 7.89. The largest absolute Gasteiger partial charge is 0.389 e. The number of hydrogen-bond donors (Lipinski definition) is 1. The maximum atomic E-state index is 13.0. The zero-order valence-electron chi connectivity index (χ0n) is 18.2. The van der Waals surface area contributed by atoms with Crippen molar-refractivity contribution in [1.29, 1.82) is 0 Å². The van der Waals surface area contributed by atoms with Crippen molar-refractivity contribution in [2.75, 3.05) is 52.5 Å². The van der Waals surface area contributed by atoms with Crippen LogP contribution in [0.3, 0.4) is 0 Å². The quantitative estimate of drug-likeness (QED) is 0.600. The molecule has 0 aromatic heterocycles. The lowest BCUT2D eigenvalue weighted by Gasteiger charge is -2.35. The number of aliphatic hydroxyl groups is 1. The highest BCUT2D eigenvalue weighted by Gasteiger charge is 2.29. The van der Waals surface area contributed by atoms with Gasteiger partial charge in [-0.3, -0.25) is 4.90 Å². The lowest BCUT2D eigenvalue weighted by atomic mass is 9.99. The summed E-state index contributed by atoms with van der Waals surface area (Å²) in [6, 6.07) is 7.28. The summed E-state index contributed by atoms with van der Waals surface area (Å²) in [5, 5.41) is 10.2. The Hall–Kier alpha value is -1.03. The van der Waals surface area contributed by atoms with E-state index in [2.05, 4.69) is 18.7 Å². The van der Waals surface area contributed by atoms with Crippen molar-refractivity contribution in [3.8, 4) is 0 Å². The monoisotopic (exact) mass is 440 g/mol. The van der Waals surface area contributed by atoms with Crippen LogP contribution in [0.2, 0.25) is 0 Å². The molecule has 0 bridgehead atoms. The number of rotatable bonds is 10. The summed E-state index contributed by atoms with van der Waals surface area (Å²) in [6.45, 7) is 8.43. The first-order chi connectivity index (χ1) is 14.4. The van der Waals surface area contributed by atoms with Crippen LogP contribution in [0.15, 0.2) is 29.2 Å². The number of piperazine rings is 1. The molecule has 0 unspecified atom stereocenters. The van der Waals surface area contributed by atoms with Crippen molar-refractivity contribution in [2.24, 2.45) is 0 Å². The van der Waals surface area contributed by atoms with E-state index in [4.69, 9.17) is 9.47 Å². The van der Waals surface area contributed by atoms with Gasteiger partial charge < -0.3 is 14.6 Å². The first kappa shape index (κ1) is 23.6. The number of ether oxygens (including phenoxy) is 2. The van der Waals surface area contributed by atoms with Crippen LogP contribution in [-0.2, 0) is 19.5 Å². The topological polar surface area (TPSA) is 79.3 Å². The fourth-order valence-corrected chi connectivity index (χ4v) is 5.39. The fraction of sp³-hybridized carbons (Fsp3) is 0.727. The van der Waals surface area contributed by atoms with Crippen LogP contribution in [0.4, 0.5) is 0 Å². The molecule has 3 atom stereocenters. The molecule has 2 saturated heterocycles. The van der Waals surface area contributed by atoms with Crippen LogP contribution in [0.5, 0.6) is 0 Å². The predicted octanol–water partition coefficient (Wildman–Crippen LogP) is 2.06. The van der Waals surface area contributed by atoms with Gasteiger partial charge in [0.05, 0.1) is 30.3 Å². The van der Waals surface area contributed by atoms with Gasteiger partial charge in [-0.25, -0.2) is 8.42 Å². The average Bonchev–Trinajstić information content (AvgIpc) is 3.27. The van der Waals surface area contributed by atoms with E-state index in [0.717, 1.165) is 31.4 Å². The Balaban J connectivity index is 1.43. The van der Waals surface area contributed by atoms with Gasteiger partial charge in [0.15, 0.2) is 0 Å². The number of hydrogen-bond acceptors (Lipinski definition) is 6. The molecule has 2 fully saturated rings. The Kier molecular flexibility index (Phi) is 8.68. The van der Waals surface area contributed by atoms with E-state index in [9.17, 15) is 13.5 Å². The normalized spacial score (nSPS) is 23.5. The number of benzene rings is 1. The van der Waals surface area contributed by atoms with Gasteiger partial charge >= 0.3 is 0 Å². The molecule has 1 aromatic rings. The maximum Gasteiger partial charge on any atom is 0.243 e. The number of β-amino-alcohol motifs (C(OH)–C–C–N with tert-alkyl or cyclic N) is 1. The second-order valence-electron chi connectivity index (χ2n) is 8.41. The van der Waals surface area contributed by atoms with E-state index >= 15 is 0 Å². The molecule has 2 aliphatic rings. The highest BCUT2D eigenvalue weighted by Crippen LogP contribution is 2.23. The molecule has 30 heavy (non-hydrogen) atoms. The number of sulfonamides is 1. The zero-order valence-corrected chi connectivity index (χ0v) is 19.0. The smallest absolute Gasteiger partial charge is 0.243 e. The van der Waals surface area contributed by atoms with Crippen molar-refractivity contribution in [1.82, 2.24) is 9.21 Å². The summed E-state index contributed by atoms with van der Waals surface area (Å²) >= 11 is 0. The lowest BCUT2D eigenvalue weighted by Crippen LogP contribution is -2.50. The van der Waals surface area contributed by atoms with Crippen LogP contribution in [0, 0.1) is 0 Å². The van der Waals surface area contributed by atoms with Gasteiger partial charge in [0, 0.05) is 39.3 Å². The summed E-state index contributed by atoms with van der Waals surface area (Å²) in [6.07, 6.45) is 2.70. The predicted molar refractivity (Wildman–Crippen MR) is 116 cm³/mol. The molecule has 2 aliphatic heterocycles. The van der Waals surface area contributed by atoms with Crippen molar-refractivity contribution in [2.45, 2.75) is 56.1 Å². The molecule has 0 aliphatic carbocycles. The molecular formula is C22H36N2O5S. The Bertz CT molecular complexity index is 741. The number of aliphatic hydroxyl groups excluding tert-OH is 1. The van der Waals surface area contributed by atoms with Crippen LogP contribution < -0.4 is 0 Å². The molecule has 1 N–H and O–H groups in total. The maximum absolute atomic E-state index is 13.0. The van der Waals surface area contributed by atoms with Crippen molar-refractivity contribution in [3.05, 3.63) is 29.8 Å². The van der Waals surface area contributed by atoms with Crippen molar-refractivity contribution < 1.29 is 23.0 Å². The first-order valence-corrected chi connectivity index (χ1v) is 12.5. The minimum absolute atomic E-state index is 0.158. The molecule has 170 valence electrons. The highest BCUT2D eigenvalue weighted by atomic mass is 32.2. The molecule has 0 spiro atoms. The van der Waals surface area contributed by atoms with E-state index in [-0.39, 0.29) is 12.7 Å². The number of nitrogens with zero attached hydrogens (tertiary/aromatic N) is 2. The summed E-state index contributed by atoms with van der Waals surface area (Å²) in [5.74, 6) is 0.423. The van der Waals surface area contributed by atoms with Crippen LogP contribution in [0.25, 0.3) is 0 Å². The molecule has 0 amide bonds. The van der Waals surface area contributed by atoms with Crippen molar-refractivity contribution >= 4 is 10.0 Å². The summed E-state index contributed by atoms with van der Waals surface area (Å²) in [5.41, 5.74) is 1.16. The Labute approximate surface area is 181 Å². The van der Waals surface area contributed by atoms with Gasteiger partial charge in [-0.2, -0.15) is 4.31 Å². The molecule has 3 rings (SSSR count). The second-order valence-corrected chi connectivity index (χ2v) is 10.3.